The Hall–Kier alpha value is -0.590. The number of hydrogen-bond acceptors (Lipinski definition) is 3. The van der Waals surface area contributed by atoms with Crippen molar-refractivity contribution in [3.05, 3.63) is 0 Å². The number of hydrogen-bond donors (Lipinski definition) is 1. The van der Waals surface area contributed by atoms with Crippen LogP contribution in [0.4, 0.5) is 0 Å². The van der Waals surface area contributed by atoms with Gasteiger partial charge in [0.25, 0.3) is 0 Å². The van der Waals surface area contributed by atoms with Crippen LogP contribution in [0.25, 0.3) is 0 Å². The lowest BCUT2D eigenvalue weighted by Crippen LogP contribution is -2.47. The van der Waals surface area contributed by atoms with Gasteiger partial charge in [-0.3, -0.25) is 5.32 Å². The standard InChI is InChI=1S/C14H27N3/c1-11(2)9-17(5)13-6-7-14(8-13,10-15)16-12(3)4/h11-13,16H,6-9H2,1-5H3. The van der Waals surface area contributed by atoms with Gasteiger partial charge in [0, 0.05) is 18.6 Å². The first-order valence-electron chi connectivity index (χ1n) is 6.78. The van der Waals surface area contributed by atoms with E-state index in [1.54, 1.807) is 0 Å². The van der Waals surface area contributed by atoms with Crippen LogP contribution >= 0.6 is 0 Å². The molecular weight excluding hydrogens is 210 g/mol. The molecule has 0 aromatic carbocycles. The number of nitrogens with one attached hydrogen (secondary N) is 1. The molecule has 0 bridgehead atoms. The third-order valence-corrected chi connectivity index (χ3v) is 3.54. The molecule has 2 unspecified atom stereocenters. The molecule has 1 N–H and O–H groups in total. The average molecular weight is 237 g/mol. The van der Waals surface area contributed by atoms with E-state index in [4.69, 9.17) is 0 Å². The SMILES string of the molecule is CC(C)CN(C)C1CCC(C#N)(NC(C)C)C1. The predicted molar refractivity (Wildman–Crippen MR) is 71.7 cm³/mol. The van der Waals surface area contributed by atoms with Gasteiger partial charge in [-0.25, -0.2) is 0 Å². The molecule has 0 radical (unpaired) electrons. The predicted octanol–water partition coefficient (Wildman–Crippen LogP) is 2.39. The molecule has 1 rings (SSSR count). The Bertz CT molecular complexity index is 280. The van der Waals surface area contributed by atoms with E-state index in [1.807, 2.05) is 0 Å². The molecule has 3 heteroatoms. The Morgan fingerprint density at radius 2 is 2.06 bits per heavy atom. The molecule has 0 saturated heterocycles. The van der Waals surface area contributed by atoms with Gasteiger partial charge < -0.3 is 4.90 Å². The van der Waals surface area contributed by atoms with Crippen molar-refractivity contribution in [2.24, 2.45) is 5.92 Å². The summed E-state index contributed by atoms with van der Waals surface area (Å²) >= 11 is 0. The largest absolute Gasteiger partial charge is 0.303 e. The van der Waals surface area contributed by atoms with Crippen molar-refractivity contribution in [3.63, 3.8) is 0 Å². The van der Waals surface area contributed by atoms with Gasteiger partial charge in [0.05, 0.1) is 6.07 Å². The highest BCUT2D eigenvalue weighted by Gasteiger charge is 2.41. The van der Waals surface area contributed by atoms with Crippen LogP contribution in [-0.2, 0) is 0 Å². The second-order valence-electron chi connectivity index (χ2n) is 6.22. The zero-order valence-electron chi connectivity index (χ0n) is 12.0. The van der Waals surface area contributed by atoms with Crippen molar-refractivity contribution in [3.8, 4) is 6.07 Å². The van der Waals surface area contributed by atoms with E-state index in [1.165, 1.54) is 0 Å². The van der Waals surface area contributed by atoms with Gasteiger partial charge in [-0.15, -0.1) is 0 Å². The van der Waals surface area contributed by atoms with Gasteiger partial charge in [0.15, 0.2) is 0 Å². The Labute approximate surface area is 106 Å². The minimum atomic E-state index is -0.288. The first kappa shape index (κ1) is 14.5. The van der Waals surface area contributed by atoms with Crippen LogP contribution in [0.1, 0.15) is 47.0 Å². The van der Waals surface area contributed by atoms with Gasteiger partial charge in [-0.2, -0.15) is 5.26 Å². The summed E-state index contributed by atoms with van der Waals surface area (Å²) in [7, 11) is 2.19. The zero-order valence-corrected chi connectivity index (χ0v) is 12.0. The Morgan fingerprint density at radius 1 is 1.41 bits per heavy atom. The summed E-state index contributed by atoms with van der Waals surface area (Å²) in [5.41, 5.74) is -0.288. The van der Waals surface area contributed by atoms with Crippen molar-refractivity contribution in [1.82, 2.24) is 10.2 Å². The van der Waals surface area contributed by atoms with Crippen molar-refractivity contribution >= 4 is 0 Å². The quantitative estimate of drug-likeness (QED) is 0.798. The van der Waals surface area contributed by atoms with E-state index in [2.05, 4.69) is 51.0 Å². The molecule has 17 heavy (non-hydrogen) atoms. The van der Waals surface area contributed by atoms with Crippen molar-refractivity contribution in [2.45, 2.75) is 64.6 Å². The van der Waals surface area contributed by atoms with Crippen LogP contribution in [-0.4, -0.2) is 36.1 Å². The number of rotatable bonds is 5. The lowest BCUT2D eigenvalue weighted by molar-refractivity contribution is 0.211. The molecule has 1 aliphatic carbocycles. The maximum Gasteiger partial charge on any atom is 0.108 e. The molecule has 98 valence electrons. The summed E-state index contributed by atoms with van der Waals surface area (Å²) < 4.78 is 0. The van der Waals surface area contributed by atoms with Crippen molar-refractivity contribution in [2.75, 3.05) is 13.6 Å². The number of nitrogens with zero attached hydrogens (tertiary/aromatic N) is 2. The normalized spacial score (nSPS) is 29.2. The van der Waals surface area contributed by atoms with Gasteiger partial charge in [-0.05, 0) is 46.1 Å². The molecule has 1 fully saturated rings. The van der Waals surface area contributed by atoms with E-state index in [0.29, 0.717) is 18.0 Å². The van der Waals surface area contributed by atoms with E-state index in [-0.39, 0.29) is 5.54 Å². The molecule has 0 heterocycles. The monoisotopic (exact) mass is 237 g/mol. The van der Waals surface area contributed by atoms with Crippen molar-refractivity contribution in [1.29, 1.82) is 5.26 Å². The maximum atomic E-state index is 9.42. The highest BCUT2D eigenvalue weighted by molar-refractivity contribution is 5.13. The first-order chi connectivity index (χ1) is 7.88. The van der Waals surface area contributed by atoms with Crippen LogP contribution in [0.15, 0.2) is 0 Å². The van der Waals surface area contributed by atoms with Crippen LogP contribution in [0.2, 0.25) is 0 Å². The summed E-state index contributed by atoms with van der Waals surface area (Å²) in [4.78, 5) is 2.42. The van der Waals surface area contributed by atoms with Gasteiger partial charge in [0.2, 0.25) is 0 Å². The third-order valence-electron chi connectivity index (χ3n) is 3.54. The molecule has 3 nitrogen and oxygen atoms in total. The van der Waals surface area contributed by atoms with Crippen LogP contribution in [0.5, 0.6) is 0 Å². The maximum absolute atomic E-state index is 9.42. The molecule has 1 aliphatic rings. The lowest BCUT2D eigenvalue weighted by atomic mass is 9.98. The molecule has 0 aromatic rings. The van der Waals surface area contributed by atoms with Crippen molar-refractivity contribution < 1.29 is 0 Å². The average Bonchev–Trinajstić information content (AvgIpc) is 2.61. The highest BCUT2D eigenvalue weighted by atomic mass is 15.2. The highest BCUT2D eigenvalue weighted by Crippen LogP contribution is 2.32. The summed E-state index contributed by atoms with van der Waals surface area (Å²) in [6, 6.07) is 3.45. The van der Waals surface area contributed by atoms with E-state index >= 15 is 0 Å². The van der Waals surface area contributed by atoms with Gasteiger partial charge in [-0.1, -0.05) is 13.8 Å². The minimum Gasteiger partial charge on any atom is -0.303 e. The fraction of sp³-hybridized carbons (Fsp3) is 0.929. The smallest absolute Gasteiger partial charge is 0.108 e. The molecule has 1 saturated carbocycles. The van der Waals surface area contributed by atoms with Crippen LogP contribution in [0.3, 0.4) is 0 Å². The summed E-state index contributed by atoms with van der Waals surface area (Å²) in [5.74, 6) is 0.690. The van der Waals surface area contributed by atoms with Gasteiger partial charge >= 0.3 is 0 Å². The summed E-state index contributed by atoms with van der Waals surface area (Å²) in [6.07, 6.45) is 3.08. The van der Waals surface area contributed by atoms with Crippen LogP contribution in [0, 0.1) is 17.2 Å². The zero-order chi connectivity index (χ0) is 13.1. The third kappa shape index (κ3) is 3.97. The summed E-state index contributed by atoms with van der Waals surface area (Å²) in [6.45, 7) is 9.84. The second-order valence-corrected chi connectivity index (χ2v) is 6.22. The fourth-order valence-electron chi connectivity index (χ4n) is 2.94. The topological polar surface area (TPSA) is 39.1 Å². The molecule has 2 atom stereocenters. The molecule has 0 spiro atoms. The van der Waals surface area contributed by atoms with E-state index < -0.39 is 0 Å². The van der Waals surface area contributed by atoms with Gasteiger partial charge in [0.1, 0.15) is 5.54 Å². The minimum absolute atomic E-state index is 0.288. The molecule has 0 aliphatic heterocycles. The summed E-state index contributed by atoms with van der Waals surface area (Å²) in [5, 5.41) is 12.9. The van der Waals surface area contributed by atoms with E-state index in [0.717, 1.165) is 25.8 Å². The lowest BCUT2D eigenvalue weighted by Gasteiger charge is -2.29. The number of nitriles is 1. The second kappa shape index (κ2) is 5.84. The Kier molecular flexibility index (Phi) is 4.97. The molecule has 0 aromatic heterocycles. The van der Waals surface area contributed by atoms with E-state index in [9.17, 15) is 5.26 Å². The Morgan fingerprint density at radius 3 is 2.53 bits per heavy atom. The fourth-order valence-corrected chi connectivity index (χ4v) is 2.94. The van der Waals surface area contributed by atoms with Crippen LogP contribution < -0.4 is 5.32 Å². The first-order valence-corrected chi connectivity index (χ1v) is 6.78. The molecule has 0 amide bonds. The molecular formula is C14H27N3. The Balaban J connectivity index is 2.58.